The minimum absolute atomic E-state index is 0. The summed E-state index contributed by atoms with van der Waals surface area (Å²) in [5, 5.41) is 6.71. The minimum Gasteiger partial charge on any atom is -0.356 e. The topological polar surface area (TPSA) is 39.7 Å². The van der Waals surface area contributed by atoms with Crippen molar-refractivity contribution in [2.75, 3.05) is 39.8 Å². The smallest absolute Gasteiger partial charge is 0.190 e. The highest BCUT2D eigenvalue weighted by Crippen LogP contribution is 2.15. The molecular formula is C16H33IN4. The van der Waals surface area contributed by atoms with Gasteiger partial charge in [-0.05, 0) is 58.2 Å². The molecule has 1 heterocycles. The first kappa shape index (κ1) is 20.7. The van der Waals surface area contributed by atoms with Crippen molar-refractivity contribution < 1.29 is 0 Å². The quantitative estimate of drug-likeness (QED) is 0.224. The van der Waals surface area contributed by atoms with Crippen LogP contribution < -0.4 is 10.6 Å². The minimum atomic E-state index is 0. The molecule has 0 bridgehead atoms. The summed E-state index contributed by atoms with van der Waals surface area (Å²) in [5.74, 6) is 1.84. The van der Waals surface area contributed by atoms with Crippen LogP contribution in [0, 0.1) is 5.92 Å². The van der Waals surface area contributed by atoms with Gasteiger partial charge in [0.05, 0.1) is 0 Å². The largest absolute Gasteiger partial charge is 0.356 e. The third kappa shape index (κ3) is 10.1. The van der Waals surface area contributed by atoms with E-state index in [4.69, 9.17) is 0 Å². The molecule has 2 N–H and O–H groups in total. The number of nitrogens with one attached hydrogen (secondary N) is 2. The van der Waals surface area contributed by atoms with Crippen molar-refractivity contribution in [2.24, 2.45) is 10.9 Å². The molecule has 1 aliphatic rings. The van der Waals surface area contributed by atoms with E-state index in [2.05, 4.69) is 46.5 Å². The van der Waals surface area contributed by atoms with Gasteiger partial charge < -0.3 is 15.5 Å². The lowest BCUT2D eigenvalue weighted by Crippen LogP contribution is -2.40. The van der Waals surface area contributed by atoms with Crippen molar-refractivity contribution in [1.82, 2.24) is 15.5 Å². The first-order chi connectivity index (χ1) is 9.76. The molecule has 5 heteroatoms. The van der Waals surface area contributed by atoms with E-state index in [0.717, 1.165) is 31.4 Å². The van der Waals surface area contributed by atoms with Crippen LogP contribution in [0.2, 0.25) is 0 Å². The van der Waals surface area contributed by atoms with Gasteiger partial charge in [-0.3, -0.25) is 4.99 Å². The van der Waals surface area contributed by atoms with E-state index in [1.54, 1.807) is 0 Å². The second-order valence-electron chi connectivity index (χ2n) is 5.66. The molecular weight excluding hydrogens is 375 g/mol. The van der Waals surface area contributed by atoms with Gasteiger partial charge in [0, 0.05) is 20.1 Å². The highest BCUT2D eigenvalue weighted by molar-refractivity contribution is 14.0. The lowest BCUT2D eigenvalue weighted by molar-refractivity contribution is 0.191. The van der Waals surface area contributed by atoms with Crippen molar-refractivity contribution in [3.05, 3.63) is 12.2 Å². The van der Waals surface area contributed by atoms with Gasteiger partial charge in [-0.25, -0.2) is 0 Å². The first-order valence-electron chi connectivity index (χ1n) is 8.04. The molecule has 1 rings (SSSR count). The van der Waals surface area contributed by atoms with E-state index in [1.807, 2.05) is 7.05 Å². The molecule has 4 nitrogen and oxygen atoms in total. The van der Waals surface area contributed by atoms with Crippen LogP contribution in [0.1, 0.15) is 39.5 Å². The zero-order chi connectivity index (χ0) is 14.6. The van der Waals surface area contributed by atoms with Crippen molar-refractivity contribution >= 4 is 29.9 Å². The van der Waals surface area contributed by atoms with Crippen LogP contribution in [0.15, 0.2) is 17.1 Å². The Morgan fingerprint density at radius 2 is 1.90 bits per heavy atom. The van der Waals surface area contributed by atoms with Crippen LogP contribution in [0.5, 0.6) is 0 Å². The number of hydrogen-bond acceptors (Lipinski definition) is 2. The van der Waals surface area contributed by atoms with E-state index in [-0.39, 0.29) is 24.0 Å². The van der Waals surface area contributed by atoms with Crippen molar-refractivity contribution in [2.45, 2.75) is 39.5 Å². The average molecular weight is 408 g/mol. The summed E-state index contributed by atoms with van der Waals surface area (Å²) in [6.07, 6.45) is 9.20. The highest BCUT2D eigenvalue weighted by atomic mass is 127. The number of halogens is 1. The normalized spacial score (nSPS) is 17.8. The SMILES string of the molecule is CC=CCCNC(=NC)NCCCN1CCC(C)CC1.I. The number of piperidine rings is 1. The Morgan fingerprint density at radius 3 is 2.52 bits per heavy atom. The van der Waals surface area contributed by atoms with Gasteiger partial charge in [0.1, 0.15) is 0 Å². The molecule has 1 fully saturated rings. The zero-order valence-electron chi connectivity index (χ0n) is 13.9. The third-order valence-corrected chi connectivity index (χ3v) is 3.88. The molecule has 0 atom stereocenters. The highest BCUT2D eigenvalue weighted by Gasteiger charge is 2.14. The number of aliphatic imine (C=N–C) groups is 1. The van der Waals surface area contributed by atoms with Crippen LogP contribution in [-0.2, 0) is 0 Å². The fourth-order valence-electron chi connectivity index (χ4n) is 2.46. The Morgan fingerprint density at radius 1 is 1.24 bits per heavy atom. The maximum absolute atomic E-state index is 4.24. The van der Waals surface area contributed by atoms with Gasteiger partial charge in [-0.15, -0.1) is 24.0 Å². The molecule has 0 aromatic rings. The number of likely N-dealkylation sites (tertiary alicyclic amines) is 1. The van der Waals surface area contributed by atoms with Crippen LogP contribution in [0.4, 0.5) is 0 Å². The number of guanidine groups is 1. The Labute approximate surface area is 147 Å². The van der Waals surface area contributed by atoms with Crippen molar-refractivity contribution in [3.8, 4) is 0 Å². The molecule has 21 heavy (non-hydrogen) atoms. The van der Waals surface area contributed by atoms with Gasteiger partial charge in [-0.1, -0.05) is 19.1 Å². The Balaban J connectivity index is 0.00000400. The zero-order valence-corrected chi connectivity index (χ0v) is 16.2. The standard InChI is InChI=1S/C16H32N4.HI/c1-4-5-6-10-18-16(17-3)19-11-7-12-20-13-8-15(2)9-14-20;/h4-5,15H,6-14H2,1-3H3,(H2,17,18,19);1H. The summed E-state index contributed by atoms with van der Waals surface area (Å²) in [4.78, 5) is 6.82. The van der Waals surface area contributed by atoms with E-state index in [9.17, 15) is 0 Å². The van der Waals surface area contributed by atoms with Gasteiger partial charge >= 0.3 is 0 Å². The number of hydrogen-bond donors (Lipinski definition) is 2. The van der Waals surface area contributed by atoms with Gasteiger partial charge in [0.2, 0.25) is 0 Å². The Bertz CT molecular complexity index is 297. The number of nitrogens with zero attached hydrogens (tertiary/aromatic N) is 2. The average Bonchev–Trinajstić information content (AvgIpc) is 2.47. The molecule has 0 aliphatic carbocycles. The molecule has 0 radical (unpaired) electrons. The maximum Gasteiger partial charge on any atom is 0.190 e. The lowest BCUT2D eigenvalue weighted by Gasteiger charge is -2.30. The van der Waals surface area contributed by atoms with Crippen molar-refractivity contribution in [1.29, 1.82) is 0 Å². The summed E-state index contributed by atoms with van der Waals surface area (Å²) in [5.41, 5.74) is 0. The molecule has 0 spiro atoms. The summed E-state index contributed by atoms with van der Waals surface area (Å²) >= 11 is 0. The van der Waals surface area contributed by atoms with Crippen LogP contribution >= 0.6 is 24.0 Å². The first-order valence-corrected chi connectivity index (χ1v) is 8.04. The van der Waals surface area contributed by atoms with E-state index in [0.29, 0.717) is 0 Å². The Hall–Kier alpha value is -0.300. The van der Waals surface area contributed by atoms with E-state index >= 15 is 0 Å². The van der Waals surface area contributed by atoms with Gasteiger partial charge in [0.25, 0.3) is 0 Å². The lowest BCUT2D eigenvalue weighted by atomic mass is 9.99. The third-order valence-electron chi connectivity index (χ3n) is 3.88. The van der Waals surface area contributed by atoms with Crippen molar-refractivity contribution in [3.63, 3.8) is 0 Å². The molecule has 0 amide bonds. The van der Waals surface area contributed by atoms with E-state index in [1.165, 1.54) is 38.9 Å². The summed E-state index contributed by atoms with van der Waals surface area (Å²) in [7, 11) is 1.83. The molecule has 1 saturated heterocycles. The Kier molecular flexibility index (Phi) is 13.2. The fraction of sp³-hybridized carbons (Fsp3) is 0.812. The predicted molar refractivity (Wildman–Crippen MR) is 104 cm³/mol. The second-order valence-corrected chi connectivity index (χ2v) is 5.66. The molecule has 0 aromatic heterocycles. The summed E-state index contributed by atoms with van der Waals surface area (Å²) < 4.78 is 0. The number of allylic oxidation sites excluding steroid dienone is 1. The van der Waals surface area contributed by atoms with Crippen LogP contribution in [0.25, 0.3) is 0 Å². The molecule has 0 saturated carbocycles. The fourth-order valence-corrected chi connectivity index (χ4v) is 2.46. The van der Waals surface area contributed by atoms with E-state index < -0.39 is 0 Å². The van der Waals surface area contributed by atoms with Gasteiger partial charge in [0.15, 0.2) is 5.96 Å². The second kappa shape index (κ2) is 13.4. The molecule has 1 aliphatic heterocycles. The number of rotatable bonds is 7. The van der Waals surface area contributed by atoms with Gasteiger partial charge in [-0.2, -0.15) is 0 Å². The molecule has 0 unspecified atom stereocenters. The van der Waals surface area contributed by atoms with Crippen LogP contribution in [-0.4, -0.2) is 50.6 Å². The summed E-state index contributed by atoms with van der Waals surface area (Å²) in [6, 6.07) is 0. The summed E-state index contributed by atoms with van der Waals surface area (Å²) in [6.45, 7) is 10.1. The van der Waals surface area contributed by atoms with Crippen LogP contribution in [0.3, 0.4) is 0 Å². The molecule has 124 valence electrons. The monoisotopic (exact) mass is 408 g/mol. The predicted octanol–water partition coefficient (Wildman–Crippen LogP) is 2.86. The maximum atomic E-state index is 4.24. The molecule has 0 aromatic carbocycles.